The van der Waals surface area contributed by atoms with E-state index in [4.69, 9.17) is 19.7 Å². The molecule has 0 unspecified atom stereocenters. The summed E-state index contributed by atoms with van der Waals surface area (Å²) in [6.45, 7) is 11.2. The Kier molecular flexibility index (Phi) is 19.4. The number of halogens is 2. The second kappa shape index (κ2) is 26.3. The predicted octanol–water partition coefficient (Wildman–Crippen LogP) is 5.38. The molecule has 8 atom stereocenters. The zero-order valence-corrected chi connectivity index (χ0v) is 39.7. The van der Waals surface area contributed by atoms with Crippen LogP contribution in [0.5, 0.6) is 0 Å². The van der Waals surface area contributed by atoms with E-state index in [9.17, 15) is 33.1 Å². The van der Waals surface area contributed by atoms with Crippen LogP contribution in [-0.2, 0) is 18.9 Å². The molecule has 0 saturated carbocycles. The van der Waals surface area contributed by atoms with Gasteiger partial charge in [0.1, 0.15) is 24.9 Å². The Morgan fingerprint density at radius 1 is 0.630 bits per heavy atom. The van der Waals surface area contributed by atoms with Crippen molar-refractivity contribution in [3.05, 3.63) is 115 Å². The fourth-order valence-corrected chi connectivity index (χ4v) is 7.35. The molecule has 0 bridgehead atoms. The standard InChI is InChI=1S/C18H17FN6O5.C17H15FN6O6.C6H15N.C5H5N/c1-2-10-13(30-18(27)28)11(19)17(29-10)25-15-12(23-24-25)14(20-8-21-15)22-16(26)9-6-4-3-5-7-9;18-10-12(30-17(27)28)9(6-25)29-16(10)24-14-11(22-23-24)13(19-7-20-14)21-15(26)8-4-2-1-3-5-8;1-4-7(5-2)6-3;1-2-4-6-5-3-1/h3-8,10-11,13,17H,2H2,1H3,(H,27,28)(H,20,21,22,26);1-5,7,9-10,12,16,25H,6H2,(H,27,28)(H,19,20,21,26);4-6H2,1-3H3;1-5H/t10-,11+,13-,17-;9-,10+,12-,16-;;/m11../s1. The minimum absolute atomic E-state index is 0.0358. The number of carboxylic acid groups (broad SMARTS) is 2. The van der Waals surface area contributed by atoms with E-state index in [0.29, 0.717) is 17.5 Å². The first-order valence-corrected chi connectivity index (χ1v) is 22.7. The number of aliphatic hydroxyl groups excluding tert-OH is 1. The van der Waals surface area contributed by atoms with E-state index in [1.165, 1.54) is 26.0 Å². The van der Waals surface area contributed by atoms with Gasteiger partial charge >= 0.3 is 12.3 Å². The Morgan fingerprint density at radius 2 is 1.04 bits per heavy atom. The number of aromatic nitrogens is 11. The second-order valence-electron chi connectivity index (χ2n) is 15.4. The number of aliphatic hydroxyl groups is 1. The van der Waals surface area contributed by atoms with Crippen molar-refractivity contribution < 1.29 is 62.2 Å². The molecular formula is C46H52F2N14O11. The van der Waals surface area contributed by atoms with Crippen molar-refractivity contribution >= 4 is 58.1 Å². The number of fused-ring (bicyclic) bond motifs is 2. The summed E-state index contributed by atoms with van der Waals surface area (Å²) < 4.78 is 52.0. The quantitative estimate of drug-likeness (QED) is 0.0906. The van der Waals surface area contributed by atoms with Crippen LogP contribution in [0.1, 0.15) is 67.3 Å². The van der Waals surface area contributed by atoms with Crippen LogP contribution < -0.4 is 10.6 Å². The number of amides is 2. The van der Waals surface area contributed by atoms with Crippen LogP contribution in [0.4, 0.5) is 30.0 Å². The highest BCUT2D eigenvalue weighted by atomic mass is 19.1. The summed E-state index contributed by atoms with van der Waals surface area (Å²) in [5, 5.41) is 47.8. The van der Waals surface area contributed by atoms with Gasteiger partial charge in [-0.1, -0.05) is 80.6 Å². The molecule has 9 rings (SSSR count). The lowest BCUT2D eigenvalue weighted by Gasteiger charge is -2.15. The molecule has 2 aliphatic heterocycles. The van der Waals surface area contributed by atoms with Crippen molar-refractivity contribution in [2.45, 2.75) is 83.3 Å². The molecule has 73 heavy (non-hydrogen) atoms. The van der Waals surface area contributed by atoms with Crippen LogP contribution in [0.3, 0.4) is 0 Å². The summed E-state index contributed by atoms with van der Waals surface area (Å²) in [6, 6.07) is 22.6. The first-order chi connectivity index (χ1) is 35.3. The van der Waals surface area contributed by atoms with Crippen LogP contribution in [-0.4, -0.2) is 162 Å². The van der Waals surface area contributed by atoms with Crippen molar-refractivity contribution in [3.8, 4) is 0 Å². The molecule has 2 aromatic carbocycles. The van der Waals surface area contributed by atoms with Gasteiger partial charge in [-0.25, -0.2) is 38.3 Å². The minimum atomic E-state index is -1.99. The first kappa shape index (κ1) is 54.1. The van der Waals surface area contributed by atoms with E-state index in [2.05, 4.69) is 91.3 Å². The first-order valence-electron chi connectivity index (χ1n) is 22.7. The fraction of sp³-hybridized carbons (Fsp3) is 0.370. The average Bonchev–Trinajstić information content (AvgIpc) is 4.19. The lowest BCUT2D eigenvalue weighted by atomic mass is 10.1. The van der Waals surface area contributed by atoms with Crippen LogP contribution in [0.15, 0.2) is 104 Å². The molecule has 5 aromatic heterocycles. The van der Waals surface area contributed by atoms with Crippen molar-refractivity contribution in [1.82, 2.24) is 59.8 Å². The number of hydrogen-bond acceptors (Lipinski definition) is 19. The smallest absolute Gasteiger partial charge is 0.450 e. The Bertz CT molecular complexity index is 2670. The zero-order chi connectivity index (χ0) is 52.4. The molecule has 0 aliphatic carbocycles. The van der Waals surface area contributed by atoms with Crippen LogP contribution in [0.25, 0.3) is 22.3 Å². The summed E-state index contributed by atoms with van der Waals surface area (Å²) in [4.78, 5) is 68.7. The van der Waals surface area contributed by atoms with Gasteiger partial charge < -0.3 is 49.8 Å². The number of nitrogens with zero attached hydrogens (tertiary/aromatic N) is 12. The largest absolute Gasteiger partial charge is 0.506 e. The maximum Gasteiger partial charge on any atom is 0.506 e. The van der Waals surface area contributed by atoms with E-state index in [1.807, 2.05) is 18.2 Å². The predicted molar refractivity (Wildman–Crippen MR) is 254 cm³/mol. The lowest BCUT2D eigenvalue weighted by Crippen LogP contribution is -2.35. The number of benzene rings is 2. The summed E-state index contributed by atoms with van der Waals surface area (Å²) >= 11 is 0. The number of nitrogens with one attached hydrogen (secondary N) is 2. The molecule has 2 aliphatic rings. The van der Waals surface area contributed by atoms with Gasteiger partial charge in [0.15, 0.2) is 71.0 Å². The molecule has 7 aromatic rings. The third-order valence-corrected chi connectivity index (χ3v) is 11.0. The topological polar surface area (TPSA) is 319 Å². The second-order valence-corrected chi connectivity index (χ2v) is 15.4. The van der Waals surface area contributed by atoms with Crippen molar-refractivity contribution in [3.63, 3.8) is 0 Å². The van der Waals surface area contributed by atoms with E-state index in [-0.39, 0.29) is 34.0 Å². The monoisotopic (exact) mass is 1010 g/mol. The molecule has 386 valence electrons. The third-order valence-electron chi connectivity index (χ3n) is 11.0. The third kappa shape index (κ3) is 13.6. The van der Waals surface area contributed by atoms with Crippen molar-refractivity contribution in [2.24, 2.45) is 0 Å². The van der Waals surface area contributed by atoms with Gasteiger partial charge in [-0.2, -0.15) is 9.36 Å². The summed E-state index contributed by atoms with van der Waals surface area (Å²) in [6.07, 6.45) is -8.63. The van der Waals surface area contributed by atoms with Crippen LogP contribution in [0.2, 0.25) is 0 Å². The molecule has 27 heteroatoms. The van der Waals surface area contributed by atoms with Gasteiger partial charge in [0, 0.05) is 23.5 Å². The highest BCUT2D eigenvalue weighted by Gasteiger charge is 2.50. The Balaban J connectivity index is 0.000000191. The van der Waals surface area contributed by atoms with Crippen LogP contribution in [0, 0.1) is 0 Å². The van der Waals surface area contributed by atoms with Gasteiger partial charge in [-0.05, 0) is 62.5 Å². The Morgan fingerprint density at radius 3 is 1.38 bits per heavy atom. The summed E-state index contributed by atoms with van der Waals surface area (Å²) in [5.74, 6) is -0.711. The average molecular weight is 1020 g/mol. The number of alkyl halides is 2. The Hall–Kier alpha value is -8.27. The number of hydrogen-bond donors (Lipinski definition) is 5. The number of carbonyl (C=O) groups excluding carboxylic acids is 2. The fourth-order valence-electron chi connectivity index (χ4n) is 7.35. The van der Waals surface area contributed by atoms with E-state index < -0.39 is 79.9 Å². The Labute approximate surface area is 414 Å². The van der Waals surface area contributed by atoms with Crippen molar-refractivity contribution in [1.29, 1.82) is 0 Å². The number of carbonyl (C=O) groups is 4. The highest BCUT2D eigenvalue weighted by Crippen LogP contribution is 2.37. The molecule has 7 heterocycles. The van der Waals surface area contributed by atoms with Crippen LogP contribution >= 0.6 is 0 Å². The summed E-state index contributed by atoms with van der Waals surface area (Å²) in [7, 11) is 0. The number of pyridine rings is 1. The molecule has 25 nitrogen and oxygen atoms in total. The van der Waals surface area contributed by atoms with Gasteiger partial charge in [-0.3, -0.25) is 14.6 Å². The maximum atomic E-state index is 15.0. The maximum absolute atomic E-state index is 15.0. The van der Waals surface area contributed by atoms with Gasteiger partial charge in [0.25, 0.3) is 11.8 Å². The van der Waals surface area contributed by atoms with E-state index in [1.54, 1.807) is 80.0 Å². The van der Waals surface area contributed by atoms with E-state index in [0.717, 1.165) is 15.7 Å². The molecule has 2 saturated heterocycles. The minimum Gasteiger partial charge on any atom is -0.450 e. The SMILES string of the molecule is CCN(CC)CC.CC[C@H]1O[C@@H](n2nnc3c(NC(=O)c4ccccc4)ncnc32)[C@@H](F)[C@@H]1OC(=O)O.O=C(O)O[C@H]1[C@H](F)[C@H](n2nnc3c(NC(=O)c4ccccc4)ncnc32)O[C@@H]1CO.c1ccncc1. The normalized spacial score (nSPS) is 20.9. The highest BCUT2D eigenvalue weighted by molar-refractivity contribution is 6.07. The van der Waals surface area contributed by atoms with Crippen molar-refractivity contribution in [2.75, 3.05) is 36.9 Å². The number of ether oxygens (including phenoxy) is 4. The van der Waals surface area contributed by atoms with E-state index >= 15 is 0 Å². The molecule has 2 fully saturated rings. The number of anilines is 2. The molecule has 0 spiro atoms. The number of rotatable bonds is 13. The molecular weight excluding hydrogens is 963 g/mol. The molecule has 5 N–H and O–H groups in total. The molecule has 0 radical (unpaired) electrons. The van der Waals surface area contributed by atoms with Gasteiger partial charge in [-0.15, -0.1) is 10.2 Å². The molecule has 2 amide bonds. The lowest BCUT2D eigenvalue weighted by molar-refractivity contribution is -0.0561. The van der Waals surface area contributed by atoms with Gasteiger partial charge in [0.05, 0.1) is 6.61 Å². The zero-order valence-electron chi connectivity index (χ0n) is 39.7. The van der Waals surface area contributed by atoms with Gasteiger partial charge in [0.2, 0.25) is 0 Å². The summed E-state index contributed by atoms with van der Waals surface area (Å²) in [5.41, 5.74) is 1.16.